The monoisotopic (exact) mass is 408 g/mol. The lowest BCUT2D eigenvalue weighted by Crippen LogP contribution is -2.44. The molecule has 28 heavy (non-hydrogen) atoms. The maximum Gasteiger partial charge on any atom is 0.225 e. The predicted molar refractivity (Wildman–Crippen MR) is 111 cm³/mol. The number of anilines is 1. The zero-order chi connectivity index (χ0) is 19.4. The number of hydrogen-bond acceptors (Lipinski definition) is 4. The SMILES string of the molecule is CC(C)N1CCCN(C(=O)C2CCN(c3ccc(C#N)c(F)c3)CC2)CC1.Cl. The molecule has 1 aromatic rings. The van der Waals surface area contributed by atoms with Gasteiger partial charge in [0.25, 0.3) is 0 Å². The van der Waals surface area contributed by atoms with E-state index in [0.29, 0.717) is 6.04 Å². The minimum absolute atomic E-state index is 0. The van der Waals surface area contributed by atoms with Crippen molar-refractivity contribution in [1.82, 2.24) is 9.80 Å². The zero-order valence-corrected chi connectivity index (χ0v) is 17.6. The molecule has 0 spiro atoms. The van der Waals surface area contributed by atoms with E-state index < -0.39 is 5.82 Å². The maximum absolute atomic E-state index is 13.9. The van der Waals surface area contributed by atoms with E-state index in [1.54, 1.807) is 6.07 Å². The quantitative estimate of drug-likeness (QED) is 0.770. The topological polar surface area (TPSA) is 50.6 Å². The van der Waals surface area contributed by atoms with Crippen LogP contribution in [0.3, 0.4) is 0 Å². The molecule has 2 aliphatic heterocycles. The molecule has 2 saturated heterocycles. The highest BCUT2D eigenvalue weighted by atomic mass is 35.5. The van der Waals surface area contributed by atoms with Crippen LogP contribution in [-0.2, 0) is 4.79 Å². The number of piperidine rings is 1. The van der Waals surface area contributed by atoms with Crippen LogP contribution in [0.2, 0.25) is 0 Å². The third-order valence-electron chi connectivity index (χ3n) is 5.85. The number of halogens is 2. The molecule has 5 nitrogen and oxygen atoms in total. The van der Waals surface area contributed by atoms with Crippen molar-refractivity contribution < 1.29 is 9.18 Å². The zero-order valence-electron chi connectivity index (χ0n) is 16.7. The Morgan fingerprint density at radius 3 is 2.46 bits per heavy atom. The first-order chi connectivity index (χ1) is 13.0. The van der Waals surface area contributed by atoms with Crippen molar-refractivity contribution >= 4 is 24.0 Å². The van der Waals surface area contributed by atoms with Crippen LogP contribution in [0.25, 0.3) is 0 Å². The van der Waals surface area contributed by atoms with Crippen LogP contribution in [0.1, 0.15) is 38.7 Å². The third kappa shape index (κ3) is 5.15. The molecule has 0 N–H and O–H groups in total. The van der Waals surface area contributed by atoms with Crippen molar-refractivity contribution in [2.45, 2.75) is 39.2 Å². The van der Waals surface area contributed by atoms with E-state index in [0.717, 1.165) is 64.2 Å². The van der Waals surface area contributed by atoms with Crippen molar-refractivity contribution in [2.75, 3.05) is 44.2 Å². The number of benzene rings is 1. The Hall–Kier alpha value is -1.84. The summed E-state index contributed by atoms with van der Waals surface area (Å²) < 4.78 is 13.9. The van der Waals surface area contributed by atoms with Crippen LogP contribution in [0.5, 0.6) is 0 Å². The van der Waals surface area contributed by atoms with Gasteiger partial charge in [-0.05, 0) is 51.3 Å². The molecule has 7 heteroatoms. The van der Waals surface area contributed by atoms with Crippen molar-refractivity contribution in [3.63, 3.8) is 0 Å². The first kappa shape index (κ1) is 22.4. The summed E-state index contributed by atoms with van der Waals surface area (Å²) in [4.78, 5) is 19.5. The second-order valence-electron chi connectivity index (χ2n) is 7.85. The Labute approximate surface area is 173 Å². The summed E-state index contributed by atoms with van der Waals surface area (Å²) in [5, 5.41) is 8.86. The van der Waals surface area contributed by atoms with Gasteiger partial charge in [-0.25, -0.2) is 4.39 Å². The average Bonchev–Trinajstić information content (AvgIpc) is 2.94. The molecule has 2 heterocycles. The Balaban J connectivity index is 0.00000280. The van der Waals surface area contributed by atoms with Gasteiger partial charge in [0.1, 0.15) is 11.9 Å². The standard InChI is InChI=1S/C21H29FN4O.ClH/c1-16(2)24-8-3-9-26(13-12-24)21(27)17-6-10-25(11-7-17)19-5-4-18(15-23)20(22)14-19;/h4-5,14,16-17H,3,6-13H2,1-2H3;1H. The van der Waals surface area contributed by atoms with Crippen LogP contribution in [-0.4, -0.2) is 61.0 Å². The summed E-state index contributed by atoms with van der Waals surface area (Å²) in [6.07, 6.45) is 2.63. The van der Waals surface area contributed by atoms with Gasteiger partial charge >= 0.3 is 0 Å². The van der Waals surface area contributed by atoms with Gasteiger partial charge in [-0.1, -0.05) is 0 Å². The first-order valence-electron chi connectivity index (χ1n) is 9.97. The Bertz CT molecular complexity index is 713. The van der Waals surface area contributed by atoms with Crippen molar-refractivity contribution in [1.29, 1.82) is 5.26 Å². The summed E-state index contributed by atoms with van der Waals surface area (Å²) in [7, 11) is 0. The van der Waals surface area contributed by atoms with E-state index in [1.165, 1.54) is 12.1 Å². The molecular weight excluding hydrogens is 379 g/mol. The molecule has 0 unspecified atom stereocenters. The van der Waals surface area contributed by atoms with E-state index in [1.807, 2.05) is 11.0 Å². The highest BCUT2D eigenvalue weighted by Gasteiger charge is 2.30. The lowest BCUT2D eigenvalue weighted by molar-refractivity contribution is -0.136. The largest absolute Gasteiger partial charge is 0.371 e. The summed E-state index contributed by atoms with van der Waals surface area (Å²) >= 11 is 0. The highest BCUT2D eigenvalue weighted by Crippen LogP contribution is 2.26. The van der Waals surface area contributed by atoms with Crippen LogP contribution >= 0.6 is 12.4 Å². The molecule has 3 rings (SSSR count). The van der Waals surface area contributed by atoms with E-state index in [-0.39, 0.29) is 29.8 Å². The van der Waals surface area contributed by atoms with E-state index >= 15 is 0 Å². The minimum Gasteiger partial charge on any atom is -0.371 e. The molecule has 1 aromatic carbocycles. The maximum atomic E-state index is 13.9. The van der Waals surface area contributed by atoms with Crippen molar-refractivity contribution in [3.8, 4) is 6.07 Å². The predicted octanol–water partition coefficient (Wildman–Crippen LogP) is 3.28. The molecule has 0 radical (unpaired) electrons. The van der Waals surface area contributed by atoms with E-state index in [4.69, 9.17) is 5.26 Å². The molecule has 0 aliphatic carbocycles. The lowest BCUT2D eigenvalue weighted by Gasteiger charge is -2.35. The van der Waals surface area contributed by atoms with Crippen LogP contribution < -0.4 is 4.90 Å². The van der Waals surface area contributed by atoms with Crippen molar-refractivity contribution in [3.05, 3.63) is 29.6 Å². The summed E-state index contributed by atoms with van der Waals surface area (Å²) in [5.41, 5.74) is 0.861. The summed E-state index contributed by atoms with van der Waals surface area (Å²) in [6, 6.07) is 7.12. The normalized spacial score (nSPS) is 19.1. The molecule has 2 fully saturated rings. The van der Waals surface area contributed by atoms with E-state index in [2.05, 4.69) is 23.6 Å². The Morgan fingerprint density at radius 2 is 1.86 bits per heavy atom. The highest BCUT2D eigenvalue weighted by molar-refractivity contribution is 5.85. The van der Waals surface area contributed by atoms with Gasteiger partial charge in [0, 0.05) is 56.9 Å². The van der Waals surface area contributed by atoms with Gasteiger partial charge in [0.05, 0.1) is 5.56 Å². The molecule has 154 valence electrons. The fraction of sp³-hybridized carbons (Fsp3) is 0.619. The second-order valence-corrected chi connectivity index (χ2v) is 7.85. The molecule has 0 saturated carbocycles. The molecule has 0 bridgehead atoms. The van der Waals surface area contributed by atoms with Gasteiger partial charge in [-0.15, -0.1) is 12.4 Å². The lowest BCUT2D eigenvalue weighted by atomic mass is 9.94. The number of carbonyl (C=O) groups excluding carboxylic acids is 1. The molecule has 0 aromatic heterocycles. The average molecular weight is 409 g/mol. The molecular formula is C21H30ClFN4O. The van der Waals surface area contributed by atoms with Gasteiger partial charge in [-0.3, -0.25) is 9.69 Å². The molecule has 0 atom stereocenters. The van der Waals surface area contributed by atoms with Gasteiger partial charge in [-0.2, -0.15) is 5.26 Å². The second kappa shape index (κ2) is 10.1. The first-order valence-corrected chi connectivity index (χ1v) is 9.97. The number of hydrogen-bond donors (Lipinski definition) is 0. The number of rotatable bonds is 3. The smallest absolute Gasteiger partial charge is 0.225 e. The fourth-order valence-electron chi connectivity index (χ4n) is 4.11. The number of carbonyl (C=O) groups is 1. The number of nitrogens with zero attached hydrogens (tertiary/aromatic N) is 4. The summed E-state index contributed by atoms with van der Waals surface area (Å²) in [6.45, 7) is 9.58. The summed E-state index contributed by atoms with van der Waals surface area (Å²) in [5.74, 6) is -0.131. The van der Waals surface area contributed by atoms with Crippen molar-refractivity contribution in [2.24, 2.45) is 5.92 Å². The van der Waals surface area contributed by atoms with Crippen LogP contribution in [0.15, 0.2) is 18.2 Å². The van der Waals surface area contributed by atoms with Crippen LogP contribution in [0.4, 0.5) is 10.1 Å². The van der Waals surface area contributed by atoms with E-state index in [9.17, 15) is 9.18 Å². The van der Waals surface area contributed by atoms with Gasteiger partial charge < -0.3 is 9.80 Å². The Kier molecular flexibility index (Phi) is 8.09. The van der Waals surface area contributed by atoms with Crippen LogP contribution in [0, 0.1) is 23.1 Å². The van der Waals surface area contributed by atoms with Gasteiger partial charge in [0.15, 0.2) is 0 Å². The minimum atomic E-state index is -0.479. The number of nitriles is 1. The van der Waals surface area contributed by atoms with Gasteiger partial charge in [0.2, 0.25) is 5.91 Å². The molecule has 1 amide bonds. The third-order valence-corrected chi connectivity index (χ3v) is 5.85. The fourth-order valence-corrected chi connectivity index (χ4v) is 4.11. The molecule has 2 aliphatic rings. The Morgan fingerprint density at radius 1 is 1.14 bits per heavy atom. The number of amides is 1.